The van der Waals surface area contributed by atoms with Crippen molar-refractivity contribution in [3.05, 3.63) is 71.8 Å². The number of rotatable bonds is 10. The molecule has 0 spiro atoms. The van der Waals surface area contributed by atoms with Gasteiger partial charge in [-0.25, -0.2) is 28.3 Å². The normalized spacial score (nSPS) is 18.0. The standard InChI is InChI=1S/C42H48F2N8O6/c1-21(2)35(49-41(55)57-5)39(53)51-15-7-9-33(51)37-45-29-13-11-23(17-31(29)47-37)25-19-28(44)26(20-27(25)43)24-12-14-30-32(18-24)48-38(46-30)34-10-8-16-52(34)40(54)36(22(3)4)50-42(56)58-6/h11-14,17-22,33-36H,7-10,15-16H2,1-6H3,(H,45,47)(H,46,48)(H,49,55)(H,50,56)/t33-,34+,35-,36+. The predicted octanol–water partition coefficient (Wildman–Crippen LogP) is 7.14. The van der Waals surface area contributed by atoms with E-state index in [4.69, 9.17) is 19.4 Å². The minimum Gasteiger partial charge on any atom is -0.453 e. The SMILES string of the molecule is COC(=O)N[C@H](C(=O)N1CCC[C@H]1c1nc2ccc(-c3cc(F)c(-c4ccc5nc([C@H]6CCCN6C(=O)[C@H](NC(=O)OC)C(C)C)[nH]c5c4)cc3F)cc2[nH]1)C(C)C. The van der Waals surface area contributed by atoms with Crippen LogP contribution >= 0.6 is 0 Å². The van der Waals surface area contributed by atoms with Crippen LogP contribution in [-0.2, 0) is 19.1 Å². The maximum absolute atomic E-state index is 15.9. The van der Waals surface area contributed by atoms with Crippen LogP contribution in [0.3, 0.4) is 0 Å². The lowest BCUT2D eigenvalue weighted by atomic mass is 9.98. The molecular formula is C42H48F2N8O6. The first-order valence-electron chi connectivity index (χ1n) is 19.6. The smallest absolute Gasteiger partial charge is 0.407 e. The Morgan fingerprint density at radius 2 is 1.07 bits per heavy atom. The van der Waals surface area contributed by atoms with E-state index >= 15 is 8.78 Å². The zero-order valence-electron chi connectivity index (χ0n) is 33.3. The quantitative estimate of drug-likeness (QED) is 0.115. The molecule has 0 saturated carbocycles. The lowest BCUT2D eigenvalue weighted by Crippen LogP contribution is -2.51. The molecule has 4 atom stereocenters. The van der Waals surface area contributed by atoms with Gasteiger partial charge in [0.25, 0.3) is 0 Å². The summed E-state index contributed by atoms with van der Waals surface area (Å²) in [5.41, 5.74) is 3.46. The second kappa shape index (κ2) is 16.4. The van der Waals surface area contributed by atoms with Crippen LogP contribution in [0.15, 0.2) is 48.5 Å². The molecule has 7 rings (SSSR count). The van der Waals surface area contributed by atoms with Gasteiger partial charge in [0.1, 0.15) is 35.4 Å². The van der Waals surface area contributed by atoms with E-state index < -0.39 is 35.9 Å². The zero-order valence-corrected chi connectivity index (χ0v) is 33.3. The van der Waals surface area contributed by atoms with Gasteiger partial charge in [-0.1, -0.05) is 39.8 Å². The van der Waals surface area contributed by atoms with Crippen LogP contribution in [0.1, 0.15) is 77.1 Å². The number of carbonyl (C=O) groups excluding carboxylic acids is 4. The van der Waals surface area contributed by atoms with Crippen LogP contribution < -0.4 is 10.6 Å². The molecule has 3 aromatic carbocycles. The number of H-pyrrole nitrogens is 2. The zero-order chi connectivity index (χ0) is 41.4. The van der Waals surface area contributed by atoms with E-state index in [2.05, 4.69) is 20.6 Å². The van der Waals surface area contributed by atoms with Crippen LogP contribution in [-0.4, -0.2) is 93.1 Å². The molecule has 0 aliphatic carbocycles. The number of likely N-dealkylation sites (tertiary alicyclic amines) is 2. The number of hydrogen-bond donors (Lipinski definition) is 4. The van der Waals surface area contributed by atoms with E-state index in [0.717, 1.165) is 12.8 Å². The number of aromatic nitrogens is 4. The average Bonchev–Trinajstić information content (AvgIpc) is 4.03. The van der Waals surface area contributed by atoms with E-state index in [0.29, 0.717) is 70.8 Å². The van der Waals surface area contributed by atoms with Crippen LogP contribution in [0.4, 0.5) is 18.4 Å². The van der Waals surface area contributed by atoms with Crippen molar-refractivity contribution in [1.82, 2.24) is 40.4 Å². The summed E-state index contributed by atoms with van der Waals surface area (Å²) in [6.45, 7) is 8.40. The van der Waals surface area contributed by atoms with Crippen LogP contribution in [0, 0.1) is 23.5 Å². The van der Waals surface area contributed by atoms with Crippen molar-refractivity contribution in [2.45, 2.75) is 77.5 Å². The number of aromatic amines is 2. The Morgan fingerprint density at radius 3 is 1.43 bits per heavy atom. The number of ether oxygens (including phenoxy) is 2. The first kappa shape index (κ1) is 40.1. The molecule has 14 nitrogen and oxygen atoms in total. The van der Waals surface area contributed by atoms with Gasteiger partial charge in [-0.05, 0) is 85.0 Å². The van der Waals surface area contributed by atoms with Gasteiger partial charge < -0.3 is 39.9 Å². The lowest BCUT2D eigenvalue weighted by molar-refractivity contribution is -0.136. The molecule has 306 valence electrons. The van der Waals surface area contributed by atoms with Crippen molar-refractivity contribution in [3.63, 3.8) is 0 Å². The highest BCUT2D eigenvalue weighted by molar-refractivity contribution is 5.88. The second-order valence-electron chi connectivity index (χ2n) is 15.6. The molecule has 5 aromatic rings. The number of amides is 4. The number of nitrogens with zero attached hydrogens (tertiary/aromatic N) is 4. The first-order valence-corrected chi connectivity index (χ1v) is 19.6. The molecule has 0 radical (unpaired) electrons. The topological polar surface area (TPSA) is 175 Å². The van der Waals surface area contributed by atoms with Gasteiger partial charge >= 0.3 is 12.2 Å². The Balaban J connectivity index is 1.11. The number of halogens is 2. The molecule has 2 aromatic heterocycles. The van der Waals surface area contributed by atoms with Crippen LogP contribution in [0.25, 0.3) is 44.3 Å². The second-order valence-corrected chi connectivity index (χ2v) is 15.6. The third-order valence-electron chi connectivity index (χ3n) is 11.2. The van der Waals surface area contributed by atoms with Crippen molar-refractivity contribution >= 4 is 46.1 Å². The van der Waals surface area contributed by atoms with Gasteiger partial charge in [-0.3, -0.25) is 9.59 Å². The third kappa shape index (κ3) is 7.79. The summed E-state index contributed by atoms with van der Waals surface area (Å²) >= 11 is 0. The number of nitrogens with one attached hydrogen (secondary N) is 4. The minimum absolute atomic E-state index is 0.0721. The molecular weight excluding hydrogens is 751 g/mol. The first-order chi connectivity index (χ1) is 27.8. The predicted molar refractivity (Wildman–Crippen MR) is 212 cm³/mol. The number of imidazole rings is 2. The fourth-order valence-electron chi connectivity index (χ4n) is 8.08. The summed E-state index contributed by atoms with van der Waals surface area (Å²) in [5.74, 6) is -0.911. The summed E-state index contributed by atoms with van der Waals surface area (Å²) in [6, 6.07) is 10.4. The molecule has 16 heteroatoms. The van der Waals surface area contributed by atoms with Gasteiger partial charge in [0.15, 0.2) is 0 Å². The number of methoxy groups -OCH3 is 2. The molecule has 4 heterocycles. The number of alkyl carbamates (subject to hydrolysis) is 2. The van der Waals surface area contributed by atoms with Gasteiger partial charge in [0, 0.05) is 24.2 Å². The van der Waals surface area contributed by atoms with Crippen molar-refractivity contribution < 1.29 is 37.4 Å². The maximum atomic E-state index is 15.9. The number of hydrogen-bond acceptors (Lipinski definition) is 8. The fourth-order valence-corrected chi connectivity index (χ4v) is 8.08. The number of fused-ring (bicyclic) bond motifs is 2. The van der Waals surface area contributed by atoms with Gasteiger partial charge in [-0.2, -0.15) is 0 Å². The molecule has 0 unspecified atom stereocenters. The lowest BCUT2D eigenvalue weighted by Gasteiger charge is -2.29. The fraction of sp³-hybridized carbons (Fsp3) is 0.429. The summed E-state index contributed by atoms with van der Waals surface area (Å²) in [5, 5.41) is 5.30. The molecule has 2 aliphatic heterocycles. The van der Waals surface area contributed by atoms with Crippen LogP contribution in [0.2, 0.25) is 0 Å². The number of carbonyl (C=O) groups is 4. The Morgan fingerprint density at radius 1 is 0.672 bits per heavy atom. The Labute approximate surface area is 334 Å². The van der Waals surface area contributed by atoms with E-state index in [-0.39, 0.29) is 46.9 Å². The summed E-state index contributed by atoms with van der Waals surface area (Å²) in [7, 11) is 2.50. The van der Waals surface area contributed by atoms with E-state index in [9.17, 15) is 19.2 Å². The third-order valence-corrected chi connectivity index (χ3v) is 11.2. The molecule has 2 fully saturated rings. The van der Waals surface area contributed by atoms with Crippen molar-refractivity contribution in [2.75, 3.05) is 27.3 Å². The van der Waals surface area contributed by atoms with Gasteiger partial charge in [0.05, 0.1) is 48.4 Å². The minimum atomic E-state index is -0.772. The molecule has 4 amide bonds. The number of benzene rings is 3. The maximum Gasteiger partial charge on any atom is 0.407 e. The van der Waals surface area contributed by atoms with Crippen molar-refractivity contribution in [3.8, 4) is 22.3 Å². The Kier molecular flexibility index (Phi) is 11.4. The van der Waals surface area contributed by atoms with E-state index in [1.165, 1.54) is 26.4 Å². The highest BCUT2D eigenvalue weighted by atomic mass is 19.1. The Hall–Kier alpha value is -6.06. The summed E-state index contributed by atoms with van der Waals surface area (Å²) in [6.07, 6.45) is 1.48. The molecule has 2 saturated heterocycles. The Bertz CT molecular complexity index is 2210. The molecule has 4 N–H and O–H groups in total. The van der Waals surface area contributed by atoms with Crippen molar-refractivity contribution in [1.29, 1.82) is 0 Å². The summed E-state index contributed by atoms with van der Waals surface area (Å²) in [4.78, 5) is 70.7. The molecule has 2 aliphatic rings. The molecule has 58 heavy (non-hydrogen) atoms. The highest BCUT2D eigenvalue weighted by Crippen LogP contribution is 2.37. The summed E-state index contributed by atoms with van der Waals surface area (Å²) < 4.78 is 41.4. The van der Waals surface area contributed by atoms with Gasteiger partial charge in [0.2, 0.25) is 11.8 Å². The average molecular weight is 799 g/mol. The van der Waals surface area contributed by atoms with Crippen molar-refractivity contribution in [2.24, 2.45) is 11.8 Å². The molecule has 0 bridgehead atoms. The monoisotopic (exact) mass is 798 g/mol. The van der Waals surface area contributed by atoms with Crippen LogP contribution in [0.5, 0.6) is 0 Å². The van der Waals surface area contributed by atoms with E-state index in [1.807, 2.05) is 27.7 Å². The van der Waals surface area contributed by atoms with Gasteiger partial charge in [-0.15, -0.1) is 0 Å². The largest absolute Gasteiger partial charge is 0.453 e. The highest BCUT2D eigenvalue weighted by Gasteiger charge is 2.39. The van der Waals surface area contributed by atoms with E-state index in [1.54, 1.807) is 46.2 Å².